The van der Waals surface area contributed by atoms with Crippen LogP contribution >= 0.6 is 0 Å². The van der Waals surface area contributed by atoms with Gasteiger partial charge in [0.25, 0.3) is 0 Å². The van der Waals surface area contributed by atoms with E-state index in [0.29, 0.717) is 18.8 Å². The van der Waals surface area contributed by atoms with Gasteiger partial charge in [-0.05, 0) is 6.42 Å². The number of aliphatic hydroxyl groups excluding tert-OH is 1. The summed E-state index contributed by atoms with van der Waals surface area (Å²) in [4.78, 5) is 11.4. The molecule has 0 aromatic heterocycles. The molecule has 0 bridgehead atoms. The molecule has 4 nitrogen and oxygen atoms in total. The van der Waals surface area contributed by atoms with Crippen molar-refractivity contribution in [2.45, 2.75) is 12.5 Å². The van der Waals surface area contributed by atoms with Crippen LogP contribution in [-0.4, -0.2) is 37.8 Å². The lowest BCUT2D eigenvalue weighted by atomic mass is 9.91. The number of ether oxygens (including phenoxy) is 2. The summed E-state index contributed by atoms with van der Waals surface area (Å²) in [6.07, 6.45) is 1.05. The normalized spacial score (nSPS) is 28.5. The molecule has 0 aromatic carbocycles. The van der Waals surface area contributed by atoms with E-state index in [1.807, 2.05) is 0 Å². The van der Waals surface area contributed by atoms with Crippen molar-refractivity contribution in [2.24, 2.45) is 5.92 Å². The van der Waals surface area contributed by atoms with Gasteiger partial charge in [0.2, 0.25) is 0 Å². The first kappa shape index (κ1) is 10.2. The Morgan fingerprint density at radius 1 is 1.62 bits per heavy atom. The fourth-order valence-electron chi connectivity index (χ4n) is 1.40. The van der Waals surface area contributed by atoms with Crippen LogP contribution in [0.4, 0.5) is 0 Å². The minimum atomic E-state index is -0.678. The third-order valence-electron chi connectivity index (χ3n) is 2.13. The molecule has 1 rings (SSSR count). The minimum Gasteiger partial charge on any atom is -0.498 e. The Morgan fingerprint density at radius 2 is 2.31 bits per heavy atom. The molecule has 13 heavy (non-hydrogen) atoms. The minimum absolute atomic E-state index is 0.0380. The van der Waals surface area contributed by atoms with E-state index in [1.54, 1.807) is 0 Å². The lowest BCUT2D eigenvalue weighted by molar-refractivity contribution is -0.122. The molecule has 0 fully saturated rings. The summed E-state index contributed by atoms with van der Waals surface area (Å²) in [6.45, 7) is 0.351. The molecule has 0 saturated carbocycles. The monoisotopic (exact) mass is 186 g/mol. The summed E-state index contributed by atoms with van der Waals surface area (Å²) >= 11 is 0. The summed E-state index contributed by atoms with van der Waals surface area (Å²) in [5.41, 5.74) is 0. The smallest absolute Gasteiger partial charge is 0.164 e. The highest BCUT2D eigenvalue weighted by Crippen LogP contribution is 2.21. The van der Waals surface area contributed by atoms with E-state index in [1.165, 1.54) is 20.3 Å². The van der Waals surface area contributed by atoms with Crippen molar-refractivity contribution in [2.75, 3.05) is 20.8 Å². The molecule has 0 spiro atoms. The van der Waals surface area contributed by atoms with Gasteiger partial charge in [-0.15, -0.1) is 0 Å². The highest BCUT2D eigenvalue weighted by Gasteiger charge is 2.29. The van der Waals surface area contributed by atoms with E-state index in [9.17, 15) is 9.90 Å². The summed E-state index contributed by atoms with van der Waals surface area (Å²) in [5, 5.41) is 9.48. The van der Waals surface area contributed by atoms with Crippen LogP contribution in [0.5, 0.6) is 0 Å². The van der Waals surface area contributed by atoms with Gasteiger partial charge in [0.15, 0.2) is 5.78 Å². The number of methoxy groups -OCH3 is 2. The molecule has 0 unspecified atom stereocenters. The summed E-state index contributed by atoms with van der Waals surface area (Å²) < 4.78 is 9.72. The van der Waals surface area contributed by atoms with Crippen LogP contribution in [0.1, 0.15) is 6.42 Å². The summed E-state index contributed by atoms with van der Waals surface area (Å²) in [7, 11) is 2.98. The highest BCUT2D eigenvalue weighted by atomic mass is 16.5. The van der Waals surface area contributed by atoms with Crippen LogP contribution in [-0.2, 0) is 14.3 Å². The first-order chi connectivity index (χ1) is 6.19. The van der Waals surface area contributed by atoms with Crippen LogP contribution in [0.3, 0.4) is 0 Å². The number of rotatable bonds is 3. The zero-order valence-corrected chi connectivity index (χ0v) is 7.82. The standard InChI is InChI=1S/C9H14O4/c1-12-5-6-3-8(11)9(13-2)4-7(6)10/h4,6,8,11H,3,5H2,1-2H3/t6-,8-/m0/s1. The molecule has 0 radical (unpaired) electrons. The number of carbonyl (C=O) groups is 1. The second-order valence-electron chi connectivity index (χ2n) is 3.06. The summed E-state index contributed by atoms with van der Waals surface area (Å²) in [5.74, 6) is 0.0697. The lowest BCUT2D eigenvalue weighted by Crippen LogP contribution is -2.30. The van der Waals surface area contributed by atoms with Crippen LogP contribution in [0.25, 0.3) is 0 Å². The van der Waals surface area contributed by atoms with Gasteiger partial charge in [-0.1, -0.05) is 0 Å². The van der Waals surface area contributed by atoms with Gasteiger partial charge in [0, 0.05) is 19.1 Å². The molecule has 4 heteroatoms. The van der Waals surface area contributed by atoms with E-state index in [-0.39, 0.29) is 11.7 Å². The maximum absolute atomic E-state index is 11.4. The van der Waals surface area contributed by atoms with Crippen molar-refractivity contribution in [3.05, 3.63) is 11.8 Å². The quantitative estimate of drug-likeness (QED) is 0.679. The van der Waals surface area contributed by atoms with Crippen molar-refractivity contribution in [3.63, 3.8) is 0 Å². The van der Waals surface area contributed by atoms with E-state index < -0.39 is 6.10 Å². The Balaban J connectivity index is 2.68. The zero-order valence-electron chi connectivity index (χ0n) is 7.82. The van der Waals surface area contributed by atoms with Gasteiger partial charge in [0.05, 0.1) is 13.7 Å². The molecule has 0 heterocycles. The van der Waals surface area contributed by atoms with E-state index in [4.69, 9.17) is 9.47 Å². The van der Waals surface area contributed by atoms with Gasteiger partial charge in [-0.2, -0.15) is 0 Å². The maximum Gasteiger partial charge on any atom is 0.164 e. The maximum atomic E-state index is 11.4. The number of allylic oxidation sites excluding steroid dienone is 1. The SMILES string of the molecule is COC[C@@H]1C[C@H](O)C(OC)=CC1=O. The Kier molecular flexibility index (Phi) is 3.45. The molecule has 1 aliphatic carbocycles. The van der Waals surface area contributed by atoms with Crippen LogP contribution in [0, 0.1) is 5.92 Å². The fourth-order valence-corrected chi connectivity index (χ4v) is 1.40. The molecule has 1 N–H and O–H groups in total. The van der Waals surface area contributed by atoms with E-state index in [0.717, 1.165) is 0 Å². The molecule has 74 valence electrons. The Hall–Kier alpha value is -0.870. The second kappa shape index (κ2) is 4.39. The van der Waals surface area contributed by atoms with E-state index >= 15 is 0 Å². The predicted molar refractivity (Wildman–Crippen MR) is 46.1 cm³/mol. The molecule has 0 saturated heterocycles. The number of hydrogen-bond acceptors (Lipinski definition) is 4. The Labute approximate surface area is 77.1 Å². The van der Waals surface area contributed by atoms with Crippen molar-refractivity contribution >= 4 is 5.78 Å². The Bertz CT molecular complexity index is 222. The fraction of sp³-hybridized carbons (Fsp3) is 0.667. The zero-order chi connectivity index (χ0) is 9.84. The van der Waals surface area contributed by atoms with Gasteiger partial charge in [-0.3, -0.25) is 4.79 Å². The number of hydrogen-bond donors (Lipinski definition) is 1. The number of carbonyl (C=O) groups excluding carboxylic acids is 1. The molecule has 0 aromatic rings. The first-order valence-corrected chi connectivity index (χ1v) is 4.15. The topological polar surface area (TPSA) is 55.8 Å². The van der Waals surface area contributed by atoms with Gasteiger partial charge < -0.3 is 14.6 Å². The first-order valence-electron chi connectivity index (χ1n) is 4.15. The van der Waals surface area contributed by atoms with Crippen molar-refractivity contribution in [3.8, 4) is 0 Å². The number of ketones is 1. The van der Waals surface area contributed by atoms with Crippen LogP contribution in [0.15, 0.2) is 11.8 Å². The van der Waals surface area contributed by atoms with E-state index in [2.05, 4.69) is 0 Å². The van der Waals surface area contributed by atoms with Crippen molar-refractivity contribution in [1.29, 1.82) is 0 Å². The third kappa shape index (κ3) is 2.29. The van der Waals surface area contributed by atoms with Crippen molar-refractivity contribution in [1.82, 2.24) is 0 Å². The lowest BCUT2D eigenvalue weighted by Gasteiger charge is -2.23. The van der Waals surface area contributed by atoms with Gasteiger partial charge >= 0.3 is 0 Å². The summed E-state index contributed by atoms with van der Waals surface area (Å²) in [6, 6.07) is 0. The van der Waals surface area contributed by atoms with Crippen LogP contribution < -0.4 is 0 Å². The molecular formula is C9H14O4. The van der Waals surface area contributed by atoms with Gasteiger partial charge in [0.1, 0.15) is 11.9 Å². The van der Waals surface area contributed by atoms with Gasteiger partial charge in [-0.25, -0.2) is 0 Å². The number of aliphatic hydroxyl groups is 1. The highest BCUT2D eigenvalue weighted by molar-refractivity contribution is 5.93. The third-order valence-corrected chi connectivity index (χ3v) is 2.13. The second-order valence-corrected chi connectivity index (χ2v) is 3.06. The van der Waals surface area contributed by atoms with Crippen LogP contribution in [0.2, 0.25) is 0 Å². The molecule has 2 atom stereocenters. The molecule has 0 amide bonds. The molecular weight excluding hydrogens is 172 g/mol. The largest absolute Gasteiger partial charge is 0.498 e. The predicted octanol–water partition coefficient (Wildman–Crippen LogP) is 0.113. The average Bonchev–Trinajstić information content (AvgIpc) is 2.11. The Morgan fingerprint density at radius 3 is 2.85 bits per heavy atom. The molecule has 0 aliphatic heterocycles. The molecule has 1 aliphatic rings. The van der Waals surface area contributed by atoms with Crippen molar-refractivity contribution < 1.29 is 19.4 Å². The average molecular weight is 186 g/mol.